The number of nitrogens with two attached hydrogens (primary N) is 1. The minimum atomic E-state index is -0.548. The number of carbonyl (C=O) groups excluding carboxylic acids is 3. The number of benzene rings is 1. The van der Waals surface area contributed by atoms with Gasteiger partial charge in [0.25, 0.3) is 0 Å². The summed E-state index contributed by atoms with van der Waals surface area (Å²) in [5.74, 6) is -0.893. The summed E-state index contributed by atoms with van der Waals surface area (Å²) in [4.78, 5) is 34.6. The molecular weight excluding hydrogens is 318 g/mol. The molecule has 2 atom stereocenters. The highest BCUT2D eigenvalue weighted by atomic mass is 35.5. The first-order chi connectivity index (χ1) is 10.4. The molecule has 0 radical (unpaired) electrons. The van der Waals surface area contributed by atoms with E-state index in [0.717, 1.165) is 5.56 Å². The Morgan fingerprint density at radius 3 is 2.39 bits per heavy atom. The third-order valence-electron chi connectivity index (χ3n) is 3.79. The van der Waals surface area contributed by atoms with Gasteiger partial charge in [-0.2, -0.15) is 0 Å². The summed E-state index contributed by atoms with van der Waals surface area (Å²) in [6.45, 7) is 3.78. The number of hydrogen-bond acceptors (Lipinski definition) is 4. The number of hydrogen-bond donors (Lipinski definition) is 3. The van der Waals surface area contributed by atoms with Crippen molar-refractivity contribution in [2.45, 2.75) is 32.7 Å². The first-order valence-electron chi connectivity index (χ1n) is 7.36. The second kappa shape index (κ2) is 8.08. The molecule has 1 heterocycles. The van der Waals surface area contributed by atoms with Crippen LogP contribution in [0.15, 0.2) is 24.3 Å². The highest BCUT2D eigenvalue weighted by Gasteiger charge is 2.30. The van der Waals surface area contributed by atoms with Gasteiger partial charge in [0.05, 0.1) is 12.0 Å². The largest absolute Gasteiger partial charge is 0.325 e. The Kier molecular flexibility index (Phi) is 6.72. The van der Waals surface area contributed by atoms with E-state index in [0.29, 0.717) is 12.1 Å². The van der Waals surface area contributed by atoms with E-state index in [1.807, 2.05) is 26.0 Å². The van der Waals surface area contributed by atoms with E-state index >= 15 is 0 Å². The monoisotopic (exact) mass is 339 g/mol. The number of rotatable bonds is 5. The molecule has 0 spiro atoms. The molecule has 1 saturated heterocycles. The van der Waals surface area contributed by atoms with Crippen LogP contribution in [0.3, 0.4) is 0 Å². The third kappa shape index (κ3) is 5.04. The lowest BCUT2D eigenvalue weighted by Crippen LogP contribution is -2.39. The van der Waals surface area contributed by atoms with Crippen LogP contribution in [0.25, 0.3) is 0 Å². The Bertz CT molecular complexity index is 587. The van der Waals surface area contributed by atoms with Crippen molar-refractivity contribution in [3.63, 3.8) is 0 Å². The van der Waals surface area contributed by atoms with Gasteiger partial charge in [-0.05, 0) is 30.0 Å². The van der Waals surface area contributed by atoms with Crippen molar-refractivity contribution in [2.75, 3.05) is 5.32 Å². The van der Waals surface area contributed by atoms with Crippen molar-refractivity contribution in [3.05, 3.63) is 29.8 Å². The molecule has 1 aliphatic heterocycles. The smallest absolute Gasteiger partial charge is 0.241 e. The Balaban J connectivity index is 0.00000264. The highest BCUT2D eigenvalue weighted by molar-refractivity contribution is 6.03. The molecule has 1 fully saturated rings. The molecule has 3 amide bonds. The van der Waals surface area contributed by atoms with Crippen LogP contribution in [0.2, 0.25) is 0 Å². The minimum Gasteiger partial charge on any atom is -0.325 e. The molecule has 0 saturated carbocycles. The summed E-state index contributed by atoms with van der Waals surface area (Å²) in [5, 5.41) is 5.06. The van der Waals surface area contributed by atoms with Gasteiger partial charge in [-0.1, -0.05) is 26.0 Å². The predicted molar refractivity (Wildman–Crippen MR) is 90.1 cm³/mol. The second-order valence-electron chi connectivity index (χ2n) is 5.97. The topological polar surface area (TPSA) is 101 Å². The summed E-state index contributed by atoms with van der Waals surface area (Å²) in [6.07, 6.45) is 0.748. The highest BCUT2D eigenvalue weighted by Crippen LogP contribution is 2.19. The molecular formula is C16H22ClN3O3. The van der Waals surface area contributed by atoms with Crippen molar-refractivity contribution in [1.82, 2.24) is 5.32 Å². The number of halogens is 1. The van der Waals surface area contributed by atoms with Crippen molar-refractivity contribution < 1.29 is 14.4 Å². The van der Waals surface area contributed by atoms with Crippen molar-refractivity contribution in [1.29, 1.82) is 0 Å². The Morgan fingerprint density at radius 2 is 1.91 bits per heavy atom. The van der Waals surface area contributed by atoms with E-state index in [1.54, 1.807) is 12.1 Å². The molecule has 1 aromatic carbocycles. The van der Waals surface area contributed by atoms with Gasteiger partial charge in [-0.3, -0.25) is 19.7 Å². The van der Waals surface area contributed by atoms with Crippen LogP contribution in [0.4, 0.5) is 5.69 Å². The van der Waals surface area contributed by atoms with E-state index in [4.69, 9.17) is 5.73 Å². The summed E-state index contributed by atoms with van der Waals surface area (Å²) in [7, 11) is 0. The number of amides is 3. The van der Waals surface area contributed by atoms with E-state index in [1.165, 1.54) is 0 Å². The molecule has 0 aromatic heterocycles. The third-order valence-corrected chi connectivity index (χ3v) is 3.79. The van der Waals surface area contributed by atoms with Gasteiger partial charge in [0.1, 0.15) is 0 Å². The summed E-state index contributed by atoms with van der Waals surface area (Å²) in [5.41, 5.74) is 7.40. The maximum Gasteiger partial charge on any atom is 0.241 e. The first kappa shape index (κ1) is 19.1. The predicted octanol–water partition coefficient (Wildman–Crippen LogP) is 1.24. The van der Waals surface area contributed by atoms with Crippen LogP contribution in [-0.4, -0.2) is 23.8 Å². The van der Waals surface area contributed by atoms with Crippen LogP contribution in [0, 0.1) is 11.8 Å². The van der Waals surface area contributed by atoms with Crippen molar-refractivity contribution in [3.8, 4) is 0 Å². The van der Waals surface area contributed by atoms with Gasteiger partial charge in [0.15, 0.2) is 0 Å². The summed E-state index contributed by atoms with van der Waals surface area (Å²) in [6, 6.07) is 6.68. The summed E-state index contributed by atoms with van der Waals surface area (Å²) >= 11 is 0. The zero-order valence-electron chi connectivity index (χ0n) is 13.2. The normalized spacial score (nSPS) is 18.3. The van der Waals surface area contributed by atoms with Crippen LogP contribution >= 0.6 is 12.4 Å². The van der Waals surface area contributed by atoms with Gasteiger partial charge in [-0.25, -0.2) is 0 Å². The van der Waals surface area contributed by atoms with E-state index < -0.39 is 6.04 Å². The lowest BCUT2D eigenvalue weighted by Gasteiger charge is -2.15. The van der Waals surface area contributed by atoms with Crippen LogP contribution in [0.5, 0.6) is 0 Å². The Hall–Kier alpha value is -1.92. The van der Waals surface area contributed by atoms with Gasteiger partial charge in [-0.15, -0.1) is 12.4 Å². The van der Waals surface area contributed by atoms with Gasteiger partial charge >= 0.3 is 0 Å². The molecule has 0 aliphatic carbocycles. The molecule has 0 bridgehead atoms. The SMILES string of the molecule is CC(C)[C@H](N)C(=O)Nc1ccc(CC2CC(=O)NC2=O)cc1.Cl. The fourth-order valence-electron chi connectivity index (χ4n) is 2.31. The zero-order valence-corrected chi connectivity index (χ0v) is 14.0. The Morgan fingerprint density at radius 1 is 1.30 bits per heavy atom. The molecule has 4 N–H and O–H groups in total. The van der Waals surface area contributed by atoms with Gasteiger partial charge in [0, 0.05) is 12.1 Å². The fourth-order valence-corrected chi connectivity index (χ4v) is 2.31. The minimum absolute atomic E-state index is 0. The molecule has 1 unspecified atom stereocenters. The van der Waals surface area contributed by atoms with E-state index in [9.17, 15) is 14.4 Å². The molecule has 126 valence electrons. The lowest BCUT2D eigenvalue weighted by molar-refractivity contribution is -0.125. The first-order valence-corrected chi connectivity index (χ1v) is 7.36. The standard InChI is InChI=1S/C16H21N3O3.ClH/c1-9(2)14(17)16(22)18-12-5-3-10(4-6-12)7-11-8-13(20)19-15(11)21;/h3-6,9,11,14H,7-8,17H2,1-2H3,(H,18,22)(H,19,20,21);1H/t11?,14-;/m0./s1. The second-order valence-corrected chi connectivity index (χ2v) is 5.97. The lowest BCUT2D eigenvalue weighted by atomic mass is 9.98. The van der Waals surface area contributed by atoms with Gasteiger partial charge < -0.3 is 11.1 Å². The van der Waals surface area contributed by atoms with Crippen molar-refractivity contribution >= 4 is 35.8 Å². The Labute approximate surface area is 141 Å². The van der Waals surface area contributed by atoms with Gasteiger partial charge in [0.2, 0.25) is 17.7 Å². The molecule has 6 nitrogen and oxygen atoms in total. The summed E-state index contributed by atoms with van der Waals surface area (Å²) < 4.78 is 0. The molecule has 23 heavy (non-hydrogen) atoms. The van der Waals surface area contributed by atoms with Crippen LogP contribution in [-0.2, 0) is 20.8 Å². The number of nitrogens with one attached hydrogen (secondary N) is 2. The van der Waals surface area contributed by atoms with Crippen molar-refractivity contribution in [2.24, 2.45) is 17.6 Å². The quantitative estimate of drug-likeness (QED) is 0.702. The molecule has 1 aromatic rings. The molecule has 1 aliphatic rings. The van der Waals surface area contributed by atoms with Crippen LogP contribution < -0.4 is 16.4 Å². The van der Waals surface area contributed by atoms with E-state index in [-0.39, 0.29) is 48.4 Å². The number of carbonyl (C=O) groups is 3. The average molecular weight is 340 g/mol. The number of imide groups is 1. The maximum absolute atomic E-state index is 11.9. The molecule has 7 heteroatoms. The molecule has 2 rings (SSSR count). The zero-order chi connectivity index (χ0) is 16.3. The average Bonchev–Trinajstić information content (AvgIpc) is 2.78. The van der Waals surface area contributed by atoms with Crippen LogP contribution in [0.1, 0.15) is 25.8 Å². The number of anilines is 1. The van der Waals surface area contributed by atoms with E-state index in [2.05, 4.69) is 10.6 Å². The maximum atomic E-state index is 11.9. The fraction of sp³-hybridized carbons (Fsp3) is 0.438.